The fraction of sp³-hybridized carbons (Fsp3) is 0.435. The highest BCUT2D eigenvalue weighted by molar-refractivity contribution is 5.94. The van der Waals surface area contributed by atoms with Crippen LogP contribution in [0.25, 0.3) is 0 Å². The van der Waals surface area contributed by atoms with E-state index in [0.717, 1.165) is 30.0 Å². The molecule has 1 aliphatic heterocycles. The number of hydrogen-bond acceptors (Lipinski definition) is 4. The van der Waals surface area contributed by atoms with E-state index >= 15 is 0 Å². The molecular weight excluding hydrogens is 352 g/mol. The summed E-state index contributed by atoms with van der Waals surface area (Å²) in [6.07, 6.45) is 3.66. The van der Waals surface area contributed by atoms with Gasteiger partial charge in [-0.05, 0) is 49.7 Å². The lowest BCUT2D eigenvalue weighted by Crippen LogP contribution is -2.40. The molecule has 1 atom stereocenters. The molecule has 28 heavy (non-hydrogen) atoms. The van der Waals surface area contributed by atoms with Crippen LogP contribution in [0.1, 0.15) is 46.8 Å². The average molecular weight is 383 g/mol. The molecule has 1 unspecified atom stereocenters. The minimum Gasteiger partial charge on any atom is -0.496 e. The Bertz CT molecular complexity index is 772. The third kappa shape index (κ3) is 5.12. The van der Waals surface area contributed by atoms with Gasteiger partial charge in [0.1, 0.15) is 5.75 Å². The van der Waals surface area contributed by atoms with E-state index in [1.807, 2.05) is 42.5 Å². The molecule has 0 radical (unpaired) electrons. The van der Waals surface area contributed by atoms with Gasteiger partial charge in [0.05, 0.1) is 19.8 Å². The van der Waals surface area contributed by atoms with E-state index in [-0.39, 0.29) is 11.9 Å². The van der Waals surface area contributed by atoms with Gasteiger partial charge < -0.3 is 14.8 Å². The molecule has 2 aromatic carbocycles. The lowest BCUT2D eigenvalue weighted by molar-refractivity contribution is 0.0923. The number of methoxy groups -OCH3 is 2. The van der Waals surface area contributed by atoms with E-state index in [2.05, 4.69) is 16.3 Å². The SMILES string of the molecule is COCc1cccc(C(=O)NCC(c2ccccc2OC)N2CCCCC2)c1. The Balaban J connectivity index is 1.76. The van der Waals surface area contributed by atoms with Crippen molar-refractivity contribution in [2.24, 2.45) is 0 Å². The quantitative estimate of drug-likeness (QED) is 0.755. The summed E-state index contributed by atoms with van der Waals surface area (Å²) in [5, 5.41) is 3.14. The molecule has 1 saturated heterocycles. The van der Waals surface area contributed by atoms with Gasteiger partial charge in [-0.3, -0.25) is 9.69 Å². The first kappa shape index (κ1) is 20.4. The van der Waals surface area contributed by atoms with Gasteiger partial charge in [-0.15, -0.1) is 0 Å². The molecular formula is C23H30N2O3. The minimum absolute atomic E-state index is 0.0603. The van der Waals surface area contributed by atoms with Gasteiger partial charge >= 0.3 is 0 Å². The molecule has 2 aromatic rings. The Kier molecular flexibility index (Phi) is 7.46. The van der Waals surface area contributed by atoms with Crippen molar-refractivity contribution in [1.82, 2.24) is 10.2 Å². The Morgan fingerprint density at radius 1 is 1.07 bits per heavy atom. The van der Waals surface area contributed by atoms with Crippen LogP contribution >= 0.6 is 0 Å². The molecule has 5 heteroatoms. The Morgan fingerprint density at radius 3 is 2.61 bits per heavy atom. The van der Waals surface area contributed by atoms with Gasteiger partial charge in [0.15, 0.2) is 0 Å². The summed E-state index contributed by atoms with van der Waals surface area (Å²) in [4.78, 5) is 15.2. The summed E-state index contributed by atoms with van der Waals surface area (Å²) in [6.45, 7) is 3.14. The van der Waals surface area contributed by atoms with Crippen LogP contribution in [0.2, 0.25) is 0 Å². The number of hydrogen-bond donors (Lipinski definition) is 1. The van der Waals surface area contributed by atoms with Gasteiger partial charge in [-0.1, -0.05) is 36.8 Å². The summed E-state index contributed by atoms with van der Waals surface area (Å²) in [6, 6.07) is 15.8. The second kappa shape index (κ2) is 10.2. The summed E-state index contributed by atoms with van der Waals surface area (Å²) < 4.78 is 10.8. The fourth-order valence-electron chi connectivity index (χ4n) is 3.87. The molecule has 1 N–H and O–H groups in total. The number of benzene rings is 2. The summed E-state index contributed by atoms with van der Waals surface area (Å²) >= 11 is 0. The maximum absolute atomic E-state index is 12.8. The van der Waals surface area contributed by atoms with Crippen LogP contribution in [-0.4, -0.2) is 44.7 Å². The molecule has 1 heterocycles. The first-order valence-corrected chi connectivity index (χ1v) is 9.96. The van der Waals surface area contributed by atoms with Crippen molar-refractivity contribution in [3.63, 3.8) is 0 Å². The monoisotopic (exact) mass is 382 g/mol. The van der Waals surface area contributed by atoms with E-state index in [0.29, 0.717) is 18.7 Å². The predicted octanol–water partition coefficient (Wildman–Crippen LogP) is 3.80. The van der Waals surface area contributed by atoms with E-state index in [9.17, 15) is 4.79 Å². The second-order valence-corrected chi connectivity index (χ2v) is 7.20. The third-order valence-corrected chi connectivity index (χ3v) is 5.29. The lowest BCUT2D eigenvalue weighted by Gasteiger charge is -2.35. The molecule has 0 aliphatic carbocycles. The number of ether oxygens (including phenoxy) is 2. The van der Waals surface area contributed by atoms with Crippen molar-refractivity contribution < 1.29 is 14.3 Å². The third-order valence-electron chi connectivity index (χ3n) is 5.29. The van der Waals surface area contributed by atoms with E-state index in [1.54, 1.807) is 14.2 Å². The number of amides is 1. The molecule has 1 fully saturated rings. The van der Waals surface area contributed by atoms with E-state index in [4.69, 9.17) is 9.47 Å². The molecule has 0 spiro atoms. The van der Waals surface area contributed by atoms with Crippen molar-refractivity contribution in [1.29, 1.82) is 0 Å². The zero-order valence-corrected chi connectivity index (χ0v) is 16.8. The van der Waals surface area contributed by atoms with Crippen molar-refractivity contribution in [3.8, 4) is 5.75 Å². The van der Waals surface area contributed by atoms with E-state index < -0.39 is 0 Å². The zero-order valence-electron chi connectivity index (χ0n) is 16.8. The molecule has 0 bridgehead atoms. The first-order valence-electron chi connectivity index (χ1n) is 9.96. The second-order valence-electron chi connectivity index (χ2n) is 7.20. The highest BCUT2D eigenvalue weighted by Crippen LogP contribution is 2.31. The van der Waals surface area contributed by atoms with Crippen molar-refractivity contribution in [3.05, 3.63) is 65.2 Å². The maximum Gasteiger partial charge on any atom is 0.251 e. The largest absolute Gasteiger partial charge is 0.496 e. The molecule has 0 aromatic heterocycles. The summed E-state index contributed by atoms with van der Waals surface area (Å²) in [5.41, 5.74) is 2.78. The molecule has 150 valence electrons. The molecule has 3 rings (SSSR count). The van der Waals surface area contributed by atoms with Crippen molar-refractivity contribution >= 4 is 5.91 Å². The number of piperidine rings is 1. The van der Waals surface area contributed by atoms with Crippen LogP contribution in [0.4, 0.5) is 0 Å². The van der Waals surface area contributed by atoms with E-state index in [1.165, 1.54) is 19.3 Å². The van der Waals surface area contributed by atoms with Gasteiger partial charge in [0.2, 0.25) is 0 Å². The minimum atomic E-state index is -0.0603. The Hall–Kier alpha value is -2.37. The molecule has 0 saturated carbocycles. The van der Waals surface area contributed by atoms with Gasteiger partial charge in [0.25, 0.3) is 5.91 Å². The smallest absolute Gasteiger partial charge is 0.251 e. The molecule has 5 nitrogen and oxygen atoms in total. The number of carbonyl (C=O) groups is 1. The lowest BCUT2D eigenvalue weighted by atomic mass is 10.0. The van der Waals surface area contributed by atoms with Crippen LogP contribution < -0.4 is 10.1 Å². The van der Waals surface area contributed by atoms with Crippen LogP contribution in [0.3, 0.4) is 0 Å². The number of para-hydroxylation sites is 1. The maximum atomic E-state index is 12.8. The van der Waals surface area contributed by atoms with Crippen molar-refractivity contribution in [2.45, 2.75) is 31.9 Å². The Morgan fingerprint density at radius 2 is 1.86 bits per heavy atom. The number of nitrogens with one attached hydrogen (secondary N) is 1. The predicted molar refractivity (Wildman–Crippen MR) is 111 cm³/mol. The first-order chi connectivity index (χ1) is 13.7. The summed E-state index contributed by atoms with van der Waals surface area (Å²) in [7, 11) is 3.36. The highest BCUT2D eigenvalue weighted by Gasteiger charge is 2.25. The van der Waals surface area contributed by atoms with Crippen LogP contribution in [0, 0.1) is 0 Å². The normalized spacial score (nSPS) is 15.8. The number of carbonyl (C=O) groups excluding carboxylic acids is 1. The average Bonchev–Trinajstić information content (AvgIpc) is 2.75. The number of likely N-dealkylation sites (tertiary alicyclic amines) is 1. The van der Waals surface area contributed by atoms with Crippen LogP contribution in [-0.2, 0) is 11.3 Å². The van der Waals surface area contributed by atoms with Crippen LogP contribution in [0.5, 0.6) is 5.75 Å². The number of nitrogens with zero attached hydrogens (tertiary/aromatic N) is 1. The molecule has 1 amide bonds. The van der Waals surface area contributed by atoms with Gasteiger partial charge in [-0.25, -0.2) is 0 Å². The van der Waals surface area contributed by atoms with Crippen LogP contribution in [0.15, 0.2) is 48.5 Å². The summed E-state index contributed by atoms with van der Waals surface area (Å²) in [5.74, 6) is 0.810. The standard InChI is InChI=1S/C23H30N2O3/c1-27-17-18-9-8-10-19(15-18)23(26)24-16-21(25-13-6-3-7-14-25)20-11-4-5-12-22(20)28-2/h4-5,8-12,15,21H,3,6-7,13-14,16-17H2,1-2H3,(H,24,26). The van der Waals surface area contributed by atoms with Crippen molar-refractivity contribution in [2.75, 3.05) is 33.9 Å². The fourth-order valence-corrected chi connectivity index (χ4v) is 3.87. The van der Waals surface area contributed by atoms with Gasteiger partial charge in [0, 0.05) is 24.8 Å². The highest BCUT2D eigenvalue weighted by atomic mass is 16.5. The molecule has 1 aliphatic rings. The topological polar surface area (TPSA) is 50.8 Å². The Labute approximate surface area is 167 Å². The zero-order chi connectivity index (χ0) is 19.8. The number of rotatable bonds is 8. The van der Waals surface area contributed by atoms with Gasteiger partial charge in [-0.2, -0.15) is 0 Å².